The van der Waals surface area contributed by atoms with E-state index < -0.39 is 17.6 Å². The Bertz CT molecular complexity index is 900. The molecule has 0 amide bonds. The zero-order valence-electron chi connectivity index (χ0n) is 13.1. The smallest absolute Gasteiger partial charge is 0.338 e. The Balaban J connectivity index is 1.73. The van der Waals surface area contributed by atoms with Crippen molar-refractivity contribution in [3.8, 4) is 11.3 Å². The number of hydrogen-bond acceptors (Lipinski definition) is 4. The number of ether oxygens (including phenoxy) is 1. The topological polar surface area (TPSA) is 52.3 Å². The molecule has 1 heterocycles. The molecule has 0 fully saturated rings. The summed E-state index contributed by atoms with van der Waals surface area (Å²) < 4.78 is 49.5. The first kappa shape index (κ1) is 16.8. The molecule has 0 N–H and O–H groups in total. The molecule has 25 heavy (non-hydrogen) atoms. The molecule has 0 saturated carbocycles. The number of esters is 1. The van der Waals surface area contributed by atoms with Gasteiger partial charge in [-0.3, -0.25) is 0 Å². The molecule has 0 spiro atoms. The van der Waals surface area contributed by atoms with Crippen LogP contribution >= 0.6 is 0 Å². The van der Waals surface area contributed by atoms with Crippen LogP contribution in [0, 0.1) is 24.4 Å². The number of carbonyl (C=O) groups excluding carboxylic acids is 1. The predicted octanol–water partition coefficient (Wildman–Crippen LogP) is 4.42. The molecule has 2 aromatic carbocycles. The van der Waals surface area contributed by atoms with Crippen molar-refractivity contribution in [1.29, 1.82) is 0 Å². The molecule has 128 valence electrons. The number of hydrogen-bond donors (Lipinski definition) is 0. The highest BCUT2D eigenvalue weighted by atomic mass is 19.1. The van der Waals surface area contributed by atoms with Crippen molar-refractivity contribution in [3.05, 3.63) is 76.7 Å². The average molecular weight is 347 g/mol. The van der Waals surface area contributed by atoms with Gasteiger partial charge in [-0.25, -0.2) is 18.0 Å². The molecule has 0 aliphatic carbocycles. The highest BCUT2D eigenvalue weighted by Gasteiger charge is 2.17. The maximum Gasteiger partial charge on any atom is 0.338 e. The summed E-state index contributed by atoms with van der Waals surface area (Å²) in [4.78, 5) is 11.9. The van der Waals surface area contributed by atoms with E-state index >= 15 is 0 Å². The molecule has 0 unspecified atom stereocenters. The van der Waals surface area contributed by atoms with Crippen molar-refractivity contribution in [2.24, 2.45) is 0 Å². The Hall–Kier alpha value is -3.09. The molecule has 3 aromatic rings. The summed E-state index contributed by atoms with van der Waals surface area (Å²) >= 11 is 0. The van der Waals surface area contributed by atoms with E-state index in [4.69, 9.17) is 9.26 Å². The first-order valence-electron chi connectivity index (χ1n) is 7.28. The van der Waals surface area contributed by atoms with Gasteiger partial charge in [0.1, 0.15) is 29.8 Å². The lowest BCUT2D eigenvalue weighted by molar-refractivity contribution is 0.0462. The third kappa shape index (κ3) is 3.71. The molecule has 4 nitrogen and oxygen atoms in total. The summed E-state index contributed by atoms with van der Waals surface area (Å²) in [6, 6.07) is 8.07. The molecule has 0 saturated heterocycles. The zero-order chi connectivity index (χ0) is 18.0. The molecule has 0 aliphatic rings. The van der Waals surface area contributed by atoms with Gasteiger partial charge in [0.05, 0.1) is 5.56 Å². The second kappa shape index (κ2) is 6.80. The Morgan fingerprint density at radius 3 is 2.32 bits per heavy atom. The minimum Gasteiger partial charge on any atom is -0.455 e. The van der Waals surface area contributed by atoms with Crippen LogP contribution in [0.2, 0.25) is 0 Å². The first-order valence-corrected chi connectivity index (χ1v) is 7.28. The van der Waals surface area contributed by atoms with E-state index in [9.17, 15) is 18.0 Å². The SMILES string of the molecule is Cc1c(COC(=O)c2cc(F)cc(F)c2)noc1-c1ccc(F)cc1. The van der Waals surface area contributed by atoms with Gasteiger partial charge in [0.2, 0.25) is 0 Å². The van der Waals surface area contributed by atoms with Crippen LogP contribution in [0.5, 0.6) is 0 Å². The largest absolute Gasteiger partial charge is 0.455 e. The molecule has 0 atom stereocenters. The summed E-state index contributed by atoms with van der Waals surface area (Å²) in [5, 5.41) is 3.82. The number of halogens is 3. The molecule has 0 radical (unpaired) electrons. The van der Waals surface area contributed by atoms with Crippen molar-refractivity contribution < 1.29 is 27.2 Å². The fraction of sp³-hybridized carbons (Fsp3) is 0.111. The van der Waals surface area contributed by atoms with Crippen molar-refractivity contribution in [2.45, 2.75) is 13.5 Å². The van der Waals surface area contributed by atoms with Crippen LogP contribution in [0.1, 0.15) is 21.6 Å². The van der Waals surface area contributed by atoms with E-state index in [2.05, 4.69) is 5.16 Å². The summed E-state index contributed by atoms with van der Waals surface area (Å²) in [5.74, 6) is -2.59. The quantitative estimate of drug-likeness (QED) is 0.656. The molecular weight excluding hydrogens is 335 g/mol. The minimum atomic E-state index is -0.885. The Morgan fingerprint density at radius 1 is 1.04 bits per heavy atom. The van der Waals surface area contributed by atoms with Crippen LogP contribution in [0.15, 0.2) is 47.0 Å². The Kier molecular flexibility index (Phi) is 4.56. The van der Waals surface area contributed by atoms with Gasteiger partial charge in [0.25, 0.3) is 0 Å². The summed E-state index contributed by atoms with van der Waals surface area (Å²) in [7, 11) is 0. The van der Waals surface area contributed by atoms with E-state index in [1.807, 2.05) is 0 Å². The van der Waals surface area contributed by atoms with E-state index in [-0.39, 0.29) is 18.0 Å². The molecular formula is C18H12F3NO3. The van der Waals surface area contributed by atoms with E-state index in [0.29, 0.717) is 28.6 Å². The minimum absolute atomic E-state index is 0.229. The summed E-state index contributed by atoms with van der Waals surface area (Å²) in [6.07, 6.45) is 0. The van der Waals surface area contributed by atoms with Crippen molar-refractivity contribution in [3.63, 3.8) is 0 Å². The lowest BCUT2D eigenvalue weighted by Crippen LogP contribution is -2.07. The third-order valence-corrected chi connectivity index (χ3v) is 3.57. The number of nitrogens with zero attached hydrogens (tertiary/aromatic N) is 1. The molecule has 3 rings (SSSR count). The van der Waals surface area contributed by atoms with Crippen molar-refractivity contribution in [2.75, 3.05) is 0 Å². The number of rotatable bonds is 4. The highest BCUT2D eigenvalue weighted by Crippen LogP contribution is 2.26. The van der Waals surface area contributed by atoms with E-state index in [1.54, 1.807) is 6.92 Å². The van der Waals surface area contributed by atoms with Crippen molar-refractivity contribution >= 4 is 5.97 Å². The lowest BCUT2D eigenvalue weighted by atomic mass is 10.1. The zero-order valence-corrected chi connectivity index (χ0v) is 13.1. The van der Waals surface area contributed by atoms with Gasteiger partial charge < -0.3 is 9.26 Å². The van der Waals surface area contributed by atoms with Gasteiger partial charge in [0, 0.05) is 17.2 Å². The van der Waals surface area contributed by atoms with Gasteiger partial charge in [-0.15, -0.1) is 0 Å². The van der Waals surface area contributed by atoms with E-state index in [0.717, 1.165) is 12.1 Å². The summed E-state index contributed by atoms with van der Waals surface area (Å²) in [6.45, 7) is 1.48. The van der Waals surface area contributed by atoms with Gasteiger partial charge >= 0.3 is 5.97 Å². The van der Waals surface area contributed by atoms with Crippen LogP contribution in [0.4, 0.5) is 13.2 Å². The molecule has 0 aliphatic heterocycles. The fourth-order valence-corrected chi connectivity index (χ4v) is 2.26. The standard InChI is InChI=1S/C18H12F3NO3/c1-10-16(22-25-17(10)11-2-4-13(19)5-3-11)9-24-18(23)12-6-14(20)8-15(21)7-12/h2-8H,9H2,1H3. The molecule has 0 bridgehead atoms. The van der Waals surface area contributed by atoms with Gasteiger partial charge in [-0.1, -0.05) is 5.16 Å². The normalized spacial score (nSPS) is 10.7. The Morgan fingerprint density at radius 2 is 1.68 bits per heavy atom. The second-order valence-electron chi connectivity index (χ2n) is 5.32. The van der Waals surface area contributed by atoms with Crippen LogP contribution in [-0.2, 0) is 11.3 Å². The Labute approximate surface area is 140 Å². The number of aromatic nitrogens is 1. The van der Waals surface area contributed by atoms with Crippen LogP contribution < -0.4 is 0 Å². The first-order chi connectivity index (χ1) is 11.9. The fourth-order valence-electron chi connectivity index (χ4n) is 2.26. The summed E-state index contributed by atoms with van der Waals surface area (Å²) in [5.41, 5.74) is 1.35. The van der Waals surface area contributed by atoms with Gasteiger partial charge in [0.15, 0.2) is 5.76 Å². The van der Waals surface area contributed by atoms with Crippen LogP contribution in [0.3, 0.4) is 0 Å². The van der Waals surface area contributed by atoms with Crippen LogP contribution in [-0.4, -0.2) is 11.1 Å². The average Bonchev–Trinajstić information content (AvgIpc) is 2.93. The molecule has 1 aromatic heterocycles. The lowest BCUT2D eigenvalue weighted by Gasteiger charge is -2.04. The maximum absolute atomic E-state index is 13.1. The van der Waals surface area contributed by atoms with Crippen LogP contribution in [0.25, 0.3) is 11.3 Å². The highest BCUT2D eigenvalue weighted by molar-refractivity contribution is 5.89. The third-order valence-electron chi connectivity index (χ3n) is 3.57. The van der Waals surface area contributed by atoms with Gasteiger partial charge in [-0.2, -0.15) is 0 Å². The monoisotopic (exact) mass is 347 g/mol. The second-order valence-corrected chi connectivity index (χ2v) is 5.32. The predicted molar refractivity (Wildman–Crippen MR) is 82.1 cm³/mol. The molecule has 7 heteroatoms. The number of carbonyl (C=O) groups is 1. The van der Waals surface area contributed by atoms with E-state index in [1.165, 1.54) is 24.3 Å². The van der Waals surface area contributed by atoms with Crippen molar-refractivity contribution in [1.82, 2.24) is 5.16 Å². The maximum atomic E-state index is 13.1. The number of benzene rings is 2. The van der Waals surface area contributed by atoms with Gasteiger partial charge in [-0.05, 0) is 43.3 Å².